The van der Waals surface area contributed by atoms with E-state index < -0.39 is 0 Å². The Bertz CT molecular complexity index is 709. The predicted octanol–water partition coefficient (Wildman–Crippen LogP) is 4.64. The van der Waals surface area contributed by atoms with Crippen LogP contribution in [-0.2, 0) is 19.5 Å². The maximum atomic E-state index is 9.43. The number of hydrogen-bond acceptors (Lipinski definition) is 2. The zero-order valence-corrected chi connectivity index (χ0v) is 13.5. The Hall–Kier alpha value is -1.77. The van der Waals surface area contributed by atoms with E-state index in [0.29, 0.717) is 5.02 Å². The van der Waals surface area contributed by atoms with E-state index in [1.165, 1.54) is 16.7 Å². The maximum Gasteiger partial charge on any atom is 0.117 e. The van der Waals surface area contributed by atoms with Crippen molar-refractivity contribution in [2.45, 2.75) is 25.9 Å². The standard InChI is InChI=1S/C19H20ClNO/c1-21(13-16-9-10-17(22)11-19(16)20)12-15-7-4-6-14-5-2-3-8-18(14)15/h3-4,6-11,22H,2,5,12-13H2,1H3. The van der Waals surface area contributed by atoms with Crippen LogP contribution in [0.3, 0.4) is 0 Å². The van der Waals surface area contributed by atoms with Gasteiger partial charge in [0.1, 0.15) is 5.75 Å². The second-order valence-electron chi connectivity index (χ2n) is 5.88. The van der Waals surface area contributed by atoms with Gasteiger partial charge in [0.15, 0.2) is 0 Å². The average molecular weight is 314 g/mol. The first kappa shape index (κ1) is 15.1. The summed E-state index contributed by atoms with van der Waals surface area (Å²) in [5.41, 5.74) is 5.20. The highest BCUT2D eigenvalue weighted by atomic mass is 35.5. The Morgan fingerprint density at radius 2 is 1.95 bits per heavy atom. The largest absolute Gasteiger partial charge is 0.508 e. The third kappa shape index (κ3) is 3.34. The summed E-state index contributed by atoms with van der Waals surface area (Å²) in [6, 6.07) is 11.7. The summed E-state index contributed by atoms with van der Waals surface area (Å²) in [7, 11) is 2.09. The number of nitrogens with zero attached hydrogens (tertiary/aromatic N) is 1. The van der Waals surface area contributed by atoms with Crippen LogP contribution >= 0.6 is 11.6 Å². The maximum absolute atomic E-state index is 9.43. The molecule has 2 nitrogen and oxygen atoms in total. The fourth-order valence-electron chi connectivity index (χ4n) is 2.98. The zero-order valence-electron chi connectivity index (χ0n) is 12.7. The minimum absolute atomic E-state index is 0.207. The molecular weight excluding hydrogens is 294 g/mol. The first-order chi connectivity index (χ1) is 10.6. The summed E-state index contributed by atoms with van der Waals surface area (Å²) in [5, 5.41) is 10.0. The number of benzene rings is 2. The molecule has 0 amide bonds. The number of fused-ring (bicyclic) bond motifs is 1. The van der Waals surface area contributed by atoms with Crippen LogP contribution in [0.4, 0.5) is 0 Å². The Kier molecular flexibility index (Phi) is 4.51. The number of hydrogen-bond donors (Lipinski definition) is 1. The van der Waals surface area contributed by atoms with E-state index >= 15 is 0 Å². The molecular formula is C19H20ClNO. The molecule has 0 saturated heterocycles. The summed E-state index contributed by atoms with van der Waals surface area (Å²) in [6.07, 6.45) is 6.76. The van der Waals surface area contributed by atoms with Gasteiger partial charge in [0.05, 0.1) is 0 Å². The lowest BCUT2D eigenvalue weighted by Gasteiger charge is -2.21. The van der Waals surface area contributed by atoms with E-state index in [9.17, 15) is 5.11 Å². The Labute approximate surface area is 136 Å². The van der Waals surface area contributed by atoms with E-state index in [-0.39, 0.29) is 5.75 Å². The molecule has 3 rings (SSSR count). The van der Waals surface area contributed by atoms with Crippen LogP contribution in [0.1, 0.15) is 28.7 Å². The number of aromatic hydroxyl groups is 1. The van der Waals surface area contributed by atoms with Gasteiger partial charge in [-0.3, -0.25) is 4.90 Å². The van der Waals surface area contributed by atoms with Crippen LogP contribution < -0.4 is 0 Å². The van der Waals surface area contributed by atoms with Crippen molar-refractivity contribution in [2.75, 3.05) is 7.05 Å². The number of rotatable bonds is 4. The van der Waals surface area contributed by atoms with Gasteiger partial charge in [0, 0.05) is 18.1 Å². The number of phenolic OH excluding ortho intramolecular Hbond substituents is 1. The van der Waals surface area contributed by atoms with Crippen molar-refractivity contribution in [3.8, 4) is 5.75 Å². The van der Waals surface area contributed by atoms with Crippen LogP contribution in [0.2, 0.25) is 5.02 Å². The van der Waals surface area contributed by atoms with Crippen LogP contribution in [0.5, 0.6) is 5.75 Å². The first-order valence-electron chi connectivity index (χ1n) is 7.57. The van der Waals surface area contributed by atoms with Crippen molar-refractivity contribution in [3.63, 3.8) is 0 Å². The molecule has 114 valence electrons. The topological polar surface area (TPSA) is 23.5 Å². The van der Waals surface area contributed by atoms with Gasteiger partial charge < -0.3 is 5.11 Å². The van der Waals surface area contributed by atoms with Crippen LogP contribution in [0, 0.1) is 0 Å². The molecule has 2 aromatic rings. The summed E-state index contributed by atoms with van der Waals surface area (Å²) >= 11 is 6.19. The Balaban J connectivity index is 1.75. The third-order valence-electron chi connectivity index (χ3n) is 4.07. The predicted molar refractivity (Wildman–Crippen MR) is 92.1 cm³/mol. The summed E-state index contributed by atoms with van der Waals surface area (Å²) in [4.78, 5) is 2.25. The molecule has 1 aliphatic rings. The van der Waals surface area contributed by atoms with Gasteiger partial charge in [0.2, 0.25) is 0 Å². The molecule has 22 heavy (non-hydrogen) atoms. The van der Waals surface area contributed by atoms with Crippen molar-refractivity contribution in [1.29, 1.82) is 0 Å². The van der Waals surface area contributed by atoms with Crippen molar-refractivity contribution in [2.24, 2.45) is 0 Å². The van der Waals surface area contributed by atoms with Gasteiger partial charge in [-0.2, -0.15) is 0 Å². The van der Waals surface area contributed by atoms with Gasteiger partial charge in [-0.05, 0) is 54.3 Å². The molecule has 0 heterocycles. The lowest BCUT2D eigenvalue weighted by Crippen LogP contribution is -2.18. The zero-order chi connectivity index (χ0) is 15.5. The summed E-state index contributed by atoms with van der Waals surface area (Å²) in [5.74, 6) is 0.207. The lowest BCUT2D eigenvalue weighted by molar-refractivity contribution is 0.318. The van der Waals surface area contributed by atoms with Gasteiger partial charge >= 0.3 is 0 Å². The van der Waals surface area contributed by atoms with E-state index in [0.717, 1.165) is 31.5 Å². The number of allylic oxidation sites excluding steroid dienone is 1. The SMILES string of the molecule is CN(Cc1ccc(O)cc1Cl)Cc1cccc2c1C=CCC2. The highest BCUT2D eigenvalue weighted by Crippen LogP contribution is 2.26. The van der Waals surface area contributed by atoms with Gasteiger partial charge in [-0.25, -0.2) is 0 Å². The Morgan fingerprint density at radius 3 is 2.77 bits per heavy atom. The van der Waals surface area contributed by atoms with E-state index in [1.54, 1.807) is 12.1 Å². The molecule has 3 heteroatoms. The van der Waals surface area contributed by atoms with Gasteiger partial charge in [-0.15, -0.1) is 0 Å². The molecule has 1 N–H and O–H groups in total. The monoisotopic (exact) mass is 313 g/mol. The molecule has 0 radical (unpaired) electrons. The number of aryl methyl sites for hydroxylation is 1. The Morgan fingerprint density at radius 1 is 1.14 bits per heavy atom. The van der Waals surface area contributed by atoms with Crippen molar-refractivity contribution in [1.82, 2.24) is 4.90 Å². The highest BCUT2D eigenvalue weighted by Gasteiger charge is 2.11. The fourth-order valence-corrected chi connectivity index (χ4v) is 3.21. The molecule has 0 spiro atoms. The molecule has 0 atom stereocenters. The average Bonchev–Trinajstić information content (AvgIpc) is 2.50. The molecule has 0 saturated carbocycles. The van der Waals surface area contributed by atoms with Crippen molar-refractivity contribution >= 4 is 17.7 Å². The van der Waals surface area contributed by atoms with Crippen LogP contribution in [0.25, 0.3) is 6.08 Å². The molecule has 0 bridgehead atoms. The van der Waals surface area contributed by atoms with Gasteiger partial charge in [0.25, 0.3) is 0 Å². The van der Waals surface area contributed by atoms with Gasteiger partial charge in [-0.1, -0.05) is 48.0 Å². The number of halogens is 1. The van der Waals surface area contributed by atoms with E-state index in [4.69, 9.17) is 11.6 Å². The minimum atomic E-state index is 0.207. The molecule has 0 fully saturated rings. The summed E-state index contributed by atoms with van der Waals surface area (Å²) < 4.78 is 0. The van der Waals surface area contributed by atoms with E-state index in [2.05, 4.69) is 42.3 Å². The van der Waals surface area contributed by atoms with Crippen LogP contribution in [0.15, 0.2) is 42.5 Å². The molecule has 1 aliphatic carbocycles. The first-order valence-corrected chi connectivity index (χ1v) is 7.94. The van der Waals surface area contributed by atoms with Crippen molar-refractivity contribution < 1.29 is 5.11 Å². The molecule has 0 aliphatic heterocycles. The third-order valence-corrected chi connectivity index (χ3v) is 4.42. The van der Waals surface area contributed by atoms with Crippen molar-refractivity contribution in [3.05, 3.63) is 69.8 Å². The lowest BCUT2D eigenvalue weighted by atomic mass is 9.93. The summed E-state index contributed by atoms with van der Waals surface area (Å²) in [6.45, 7) is 1.64. The highest BCUT2D eigenvalue weighted by molar-refractivity contribution is 6.31. The minimum Gasteiger partial charge on any atom is -0.508 e. The normalized spacial score (nSPS) is 13.4. The molecule has 2 aromatic carbocycles. The van der Waals surface area contributed by atoms with E-state index in [1.807, 2.05) is 6.07 Å². The number of phenols is 1. The molecule has 0 unspecified atom stereocenters. The smallest absolute Gasteiger partial charge is 0.117 e. The fraction of sp³-hybridized carbons (Fsp3) is 0.263. The second-order valence-corrected chi connectivity index (χ2v) is 6.29. The second kappa shape index (κ2) is 6.55. The quantitative estimate of drug-likeness (QED) is 0.889. The molecule has 0 aromatic heterocycles. The van der Waals surface area contributed by atoms with Crippen LogP contribution in [-0.4, -0.2) is 17.1 Å².